The van der Waals surface area contributed by atoms with Gasteiger partial charge in [-0.25, -0.2) is 0 Å². The molecule has 1 aliphatic carbocycles. The zero-order valence-electron chi connectivity index (χ0n) is 15.7. The molecule has 0 unspecified atom stereocenters. The lowest BCUT2D eigenvalue weighted by atomic mass is 9.78. The second-order valence-corrected chi connectivity index (χ2v) is 8.18. The van der Waals surface area contributed by atoms with Crippen LogP contribution < -0.4 is 10.6 Å². The molecule has 0 bridgehead atoms. The van der Waals surface area contributed by atoms with Crippen molar-refractivity contribution in [3.05, 3.63) is 79.6 Å². The Labute approximate surface area is 171 Å². The number of nitrogens with two attached hydrogens (primary N) is 1. The largest absolute Gasteiger partial charge is 0.384 e. The van der Waals surface area contributed by atoms with Gasteiger partial charge in [-0.05, 0) is 38.0 Å². The van der Waals surface area contributed by atoms with Crippen LogP contribution in [0.1, 0.15) is 35.6 Å². The van der Waals surface area contributed by atoms with Gasteiger partial charge in [-0.2, -0.15) is 5.26 Å². The van der Waals surface area contributed by atoms with Gasteiger partial charge in [0.2, 0.25) is 0 Å². The highest BCUT2D eigenvalue weighted by atomic mass is 32.1. The summed E-state index contributed by atoms with van der Waals surface area (Å²) in [5.41, 5.74) is 9.89. The molecule has 146 valence electrons. The highest BCUT2D eigenvalue weighted by molar-refractivity contribution is 7.15. The average molecular weight is 406 g/mol. The molecule has 8 heteroatoms. The smallest absolute Gasteiger partial charge is 0.324 e. The number of Topliss-reactive ketones (excluding diaryl/α,β-unsaturated/α-hetero) is 1. The normalized spacial score (nSPS) is 19.2. The molecule has 0 saturated heterocycles. The van der Waals surface area contributed by atoms with Gasteiger partial charge in [0.05, 0.1) is 22.5 Å². The fourth-order valence-corrected chi connectivity index (χ4v) is 4.90. The predicted molar refractivity (Wildman–Crippen MR) is 110 cm³/mol. The van der Waals surface area contributed by atoms with E-state index >= 15 is 0 Å². The van der Waals surface area contributed by atoms with E-state index in [1.165, 1.54) is 6.07 Å². The lowest BCUT2D eigenvalue weighted by Crippen LogP contribution is -2.38. The summed E-state index contributed by atoms with van der Waals surface area (Å²) in [4.78, 5) is 26.0. The van der Waals surface area contributed by atoms with E-state index in [0.29, 0.717) is 29.7 Å². The van der Waals surface area contributed by atoms with Crippen molar-refractivity contribution in [2.45, 2.75) is 32.1 Å². The Hall–Kier alpha value is -3.44. The molecule has 29 heavy (non-hydrogen) atoms. The van der Waals surface area contributed by atoms with Crippen molar-refractivity contribution in [1.29, 1.82) is 5.26 Å². The van der Waals surface area contributed by atoms with E-state index in [0.717, 1.165) is 28.3 Å². The first-order chi connectivity index (χ1) is 13.9. The Morgan fingerprint density at radius 3 is 2.59 bits per heavy atom. The van der Waals surface area contributed by atoms with E-state index in [1.807, 2.05) is 31.2 Å². The molecule has 2 aromatic rings. The number of carbonyl (C=O) groups excluding carboxylic acids is 1. The Morgan fingerprint density at radius 1 is 1.24 bits per heavy atom. The van der Waals surface area contributed by atoms with Crippen LogP contribution in [0.4, 0.5) is 10.7 Å². The van der Waals surface area contributed by atoms with Crippen LogP contribution in [0.3, 0.4) is 0 Å². The van der Waals surface area contributed by atoms with Crippen LogP contribution in [0.5, 0.6) is 0 Å². The number of thiophene rings is 1. The van der Waals surface area contributed by atoms with Crippen LogP contribution >= 0.6 is 11.3 Å². The standard InChI is InChI=1S/C21H18N4O3S/c1-12-5-7-13(8-6-12)24-15-3-2-4-16(26)20(15)19(14(11-22)21(24)23)17-9-10-18(29-17)25(27)28/h5-10,19H,2-4,23H2,1H3/t19-/m0/s1. The number of aryl methyl sites for hydroxylation is 1. The van der Waals surface area contributed by atoms with Gasteiger partial charge in [0.15, 0.2) is 5.78 Å². The van der Waals surface area contributed by atoms with Crippen LogP contribution in [0.2, 0.25) is 0 Å². The monoisotopic (exact) mass is 406 g/mol. The number of nitrogens with zero attached hydrogens (tertiary/aromatic N) is 3. The van der Waals surface area contributed by atoms with Gasteiger partial charge in [0.1, 0.15) is 5.82 Å². The lowest BCUT2D eigenvalue weighted by Gasteiger charge is -2.39. The van der Waals surface area contributed by atoms with Gasteiger partial charge in [0.25, 0.3) is 0 Å². The van der Waals surface area contributed by atoms with Crippen molar-refractivity contribution >= 4 is 27.8 Å². The van der Waals surface area contributed by atoms with E-state index in [4.69, 9.17) is 5.73 Å². The summed E-state index contributed by atoms with van der Waals surface area (Å²) in [6, 6.07) is 12.9. The summed E-state index contributed by atoms with van der Waals surface area (Å²) in [7, 11) is 0. The minimum absolute atomic E-state index is 0.0257. The van der Waals surface area contributed by atoms with Crippen LogP contribution in [0.15, 0.2) is 59.1 Å². The Balaban J connectivity index is 1.94. The van der Waals surface area contributed by atoms with Crippen molar-refractivity contribution in [2.75, 3.05) is 4.90 Å². The quantitative estimate of drug-likeness (QED) is 0.601. The third-order valence-electron chi connectivity index (χ3n) is 5.28. The molecule has 7 nitrogen and oxygen atoms in total. The number of hydrogen-bond donors (Lipinski definition) is 1. The number of benzene rings is 1. The first kappa shape index (κ1) is 18.9. The molecular formula is C21H18N4O3S. The number of anilines is 1. The molecule has 0 spiro atoms. The van der Waals surface area contributed by atoms with Crippen LogP contribution in [0, 0.1) is 28.4 Å². The Morgan fingerprint density at radius 2 is 1.97 bits per heavy atom. The van der Waals surface area contributed by atoms with Gasteiger partial charge in [0, 0.05) is 34.3 Å². The minimum Gasteiger partial charge on any atom is -0.384 e. The maximum Gasteiger partial charge on any atom is 0.324 e. The predicted octanol–water partition coefficient (Wildman–Crippen LogP) is 4.27. The molecule has 0 amide bonds. The zero-order valence-corrected chi connectivity index (χ0v) is 16.5. The molecule has 0 radical (unpaired) electrons. The van der Waals surface area contributed by atoms with Gasteiger partial charge < -0.3 is 5.73 Å². The van der Waals surface area contributed by atoms with E-state index < -0.39 is 10.8 Å². The first-order valence-electron chi connectivity index (χ1n) is 9.19. The molecule has 1 aliphatic heterocycles. The molecule has 1 atom stereocenters. The summed E-state index contributed by atoms with van der Waals surface area (Å²) < 4.78 is 0. The zero-order chi connectivity index (χ0) is 20.7. The summed E-state index contributed by atoms with van der Waals surface area (Å²) in [6.07, 6.45) is 1.74. The topological polar surface area (TPSA) is 113 Å². The molecule has 0 saturated carbocycles. The summed E-state index contributed by atoms with van der Waals surface area (Å²) in [5, 5.41) is 21.0. The number of ketones is 1. The number of rotatable bonds is 3. The van der Waals surface area contributed by atoms with Crippen molar-refractivity contribution < 1.29 is 9.72 Å². The second kappa shape index (κ2) is 7.18. The fourth-order valence-electron chi connectivity index (χ4n) is 3.96. The molecule has 1 aromatic carbocycles. The molecule has 1 aromatic heterocycles. The highest BCUT2D eigenvalue weighted by Crippen LogP contribution is 2.48. The Kier molecular flexibility index (Phi) is 4.68. The van der Waals surface area contributed by atoms with Crippen LogP contribution in [-0.2, 0) is 4.79 Å². The third kappa shape index (κ3) is 3.09. The van der Waals surface area contributed by atoms with E-state index in [1.54, 1.807) is 11.0 Å². The molecule has 4 rings (SSSR count). The number of hydrogen-bond acceptors (Lipinski definition) is 7. The molecule has 2 aliphatic rings. The van der Waals surface area contributed by atoms with Crippen LogP contribution in [-0.4, -0.2) is 10.7 Å². The maximum atomic E-state index is 13.0. The SMILES string of the molecule is Cc1ccc(N2C(N)=C(C#N)[C@@H](c3ccc([N+](=O)[O-])s3)C3=C2CCCC3=O)cc1. The second-order valence-electron chi connectivity index (χ2n) is 7.08. The molecule has 2 heterocycles. The molecular weight excluding hydrogens is 388 g/mol. The molecule has 0 fully saturated rings. The average Bonchev–Trinajstić information content (AvgIpc) is 3.18. The fraction of sp³-hybridized carbons (Fsp3) is 0.238. The third-order valence-corrected chi connectivity index (χ3v) is 6.38. The van der Waals surface area contributed by atoms with Crippen molar-refractivity contribution in [3.8, 4) is 6.07 Å². The number of allylic oxidation sites excluding steroid dienone is 3. The number of nitro groups is 1. The summed E-state index contributed by atoms with van der Waals surface area (Å²) in [5.74, 6) is -0.432. The number of carbonyl (C=O) groups is 1. The van der Waals surface area contributed by atoms with E-state index in [-0.39, 0.29) is 22.2 Å². The minimum atomic E-state index is -0.664. The molecule has 2 N–H and O–H groups in total. The number of nitriles is 1. The van der Waals surface area contributed by atoms with Crippen molar-refractivity contribution in [3.63, 3.8) is 0 Å². The first-order valence-corrected chi connectivity index (χ1v) is 10.0. The highest BCUT2D eigenvalue weighted by Gasteiger charge is 2.41. The summed E-state index contributed by atoms with van der Waals surface area (Å²) >= 11 is 0.981. The van der Waals surface area contributed by atoms with E-state index in [9.17, 15) is 20.2 Å². The van der Waals surface area contributed by atoms with Gasteiger partial charge >= 0.3 is 5.00 Å². The van der Waals surface area contributed by atoms with Gasteiger partial charge in [-0.1, -0.05) is 29.0 Å². The van der Waals surface area contributed by atoms with Crippen molar-refractivity contribution in [1.82, 2.24) is 0 Å². The van der Waals surface area contributed by atoms with E-state index in [2.05, 4.69) is 6.07 Å². The van der Waals surface area contributed by atoms with Crippen molar-refractivity contribution in [2.24, 2.45) is 5.73 Å². The Bertz CT molecular complexity index is 1120. The van der Waals surface area contributed by atoms with Crippen LogP contribution in [0.25, 0.3) is 0 Å². The lowest BCUT2D eigenvalue weighted by molar-refractivity contribution is -0.380. The maximum absolute atomic E-state index is 13.0. The summed E-state index contributed by atoms with van der Waals surface area (Å²) in [6.45, 7) is 1.98. The van der Waals surface area contributed by atoms with Gasteiger partial charge in [-0.15, -0.1) is 0 Å². The van der Waals surface area contributed by atoms with Gasteiger partial charge in [-0.3, -0.25) is 19.8 Å².